The third-order valence-electron chi connectivity index (χ3n) is 5.25. The molecule has 7 heteroatoms. The molecule has 0 radical (unpaired) electrons. The molecule has 1 spiro atoms. The van der Waals surface area contributed by atoms with Gasteiger partial charge in [-0.15, -0.1) is 0 Å². The van der Waals surface area contributed by atoms with Crippen LogP contribution in [0.3, 0.4) is 0 Å². The van der Waals surface area contributed by atoms with Gasteiger partial charge in [-0.05, 0) is 68.5 Å². The quantitative estimate of drug-likeness (QED) is 0.723. The lowest BCUT2D eigenvalue weighted by Crippen LogP contribution is -2.54. The molecule has 0 amide bonds. The number of pyridine rings is 1. The van der Waals surface area contributed by atoms with E-state index in [1.165, 1.54) is 0 Å². The molecule has 0 unspecified atom stereocenters. The van der Waals surface area contributed by atoms with Crippen LogP contribution in [0.15, 0.2) is 22.9 Å². The molecule has 150 valence electrons. The van der Waals surface area contributed by atoms with Gasteiger partial charge >= 0.3 is 5.97 Å². The van der Waals surface area contributed by atoms with Gasteiger partial charge in [0.2, 0.25) is 0 Å². The maximum atomic E-state index is 12.2. The minimum absolute atomic E-state index is 0.0713. The van der Waals surface area contributed by atoms with Gasteiger partial charge in [-0.1, -0.05) is 0 Å². The first-order valence-corrected chi connectivity index (χ1v) is 10.3. The minimum Gasteiger partial charge on any atom is -0.458 e. The molecule has 2 aliphatic rings. The molecule has 3 rings (SSSR count). The van der Waals surface area contributed by atoms with Gasteiger partial charge in [-0.25, -0.2) is 4.79 Å². The van der Waals surface area contributed by atoms with Crippen LogP contribution < -0.4 is 5.32 Å². The van der Waals surface area contributed by atoms with Crippen LogP contribution in [0.5, 0.6) is 0 Å². The smallest absolute Gasteiger partial charge is 0.332 e. The summed E-state index contributed by atoms with van der Waals surface area (Å²) in [5.41, 5.74) is -0.177. The molecule has 1 saturated carbocycles. The average Bonchev–Trinajstić information content (AvgIpc) is 2.62. The Morgan fingerprint density at radius 1 is 1.33 bits per heavy atom. The fraction of sp³-hybridized carbons (Fsp3) is 0.700. The van der Waals surface area contributed by atoms with Gasteiger partial charge in [-0.2, -0.15) is 0 Å². The molecule has 1 aliphatic carbocycles. The van der Waals surface area contributed by atoms with E-state index in [9.17, 15) is 4.79 Å². The van der Waals surface area contributed by atoms with E-state index in [4.69, 9.17) is 14.2 Å². The first kappa shape index (κ1) is 20.7. The molecule has 1 aromatic rings. The van der Waals surface area contributed by atoms with Crippen molar-refractivity contribution in [3.8, 4) is 0 Å². The van der Waals surface area contributed by atoms with Gasteiger partial charge < -0.3 is 19.5 Å². The fourth-order valence-electron chi connectivity index (χ4n) is 3.94. The Bertz CT molecular complexity index is 658. The van der Waals surface area contributed by atoms with E-state index in [-0.39, 0.29) is 18.2 Å². The predicted octanol–water partition coefficient (Wildman–Crippen LogP) is 3.33. The van der Waals surface area contributed by atoms with Gasteiger partial charge in [0, 0.05) is 35.5 Å². The molecular weight excluding hydrogens is 412 g/mol. The van der Waals surface area contributed by atoms with Crippen molar-refractivity contribution in [2.24, 2.45) is 0 Å². The lowest BCUT2D eigenvalue weighted by Gasteiger charge is -2.48. The molecule has 2 fully saturated rings. The number of carbonyl (C=O) groups is 1. The van der Waals surface area contributed by atoms with Crippen LogP contribution in [0.1, 0.15) is 52.0 Å². The molecule has 1 saturated heterocycles. The number of morpholine rings is 1. The zero-order valence-corrected chi connectivity index (χ0v) is 17.9. The Labute approximate surface area is 169 Å². The number of nitrogens with zero attached hydrogens (tertiary/aromatic N) is 1. The molecular formula is C20H29BrN2O4. The van der Waals surface area contributed by atoms with Gasteiger partial charge in [0.1, 0.15) is 12.2 Å². The molecule has 0 bridgehead atoms. The zero-order chi connectivity index (χ0) is 19.5. The lowest BCUT2D eigenvalue weighted by atomic mass is 9.72. The van der Waals surface area contributed by atoms with E-state index in [2.05, 4.69) is 26.2 Å². The number of ether oxygens (including phenoxy) is 3. The first-order valence-electron chi connectivity index (χ1n) is 9.54. The molecule has 1 aromatic heterocycles. The molecule has 1 N–H and O–H groups in total. The lowest BCUT2D eigenvalue weighted by molar-refractivity contribution is -0.179. The molecule has 6 nitrogen and oxygen atoms in total. The van der Waals surface area contributed by atoms with Gasteiger partial charge in [-0.3, -0.25) is 4.98 Å². The third-order valence-corrected chi connectivity index (χ3v) is 5.88. The maximum Gasteiger partial charge on any atom is 0.332 e. The second-order valence-corrected chi connectivity index (χ2v) is 9.29. The number of aromatic nitrogens is 1. The van der Waals surface area contributed by atoms with Gasteiger partial charge in [0.25, 0.3) is 0 Å². The first-order chi connectivity index (χ1) is 12.7. The Kier molecular flexibility index (Phi) is 6.25. The van der Waals surface area contributed by atoms with E-state index < -0.39 is 11.2 Å². The maximum absolute atomic E-state index is 12.2. The molecule has 0 atom stereocenters. The predicted molar refractivity (Wildman–Crippen MR) is 105 cm³/mol. The molecule has 0 aromatic carbocycles. The summed E-state index contributed by atoms with van der Waals surface area (Å²) in [5.74, 6) is -0.345. The standard InChI is InChI=1S/C20H29BrN2O4/c1-18(2,3)27-17(24)13-26-20(15-4-9-22-12-16(15)21)7-5-19(6-8-20)14-23-10-11-25-19/h4,9,12,23H,5-8,10-11,13-14H2,1-3H3. The van der Waals surface area contributed by atoms with Crippen molar-refractivity contribution < 1.29 is 19.0 Å². The highest BCUT2D eigenvalue weighted by Gasteiger charge is 2.47. The molecule has 2 heterocycles. The van der Waals surface area contributed by atoms with Crippen LogP contribution in [0.4, 0.5) is 0 Å². The van der Waals surface area contributed by atoms with Crippen molar-refractivity contribution in [2.45, 2.75) is 63.3 Å². The highest BCUT2D eigenvalue weighted by molar-refractivity contribution is 9.10. The summed E-state index contributed by atoms with van der Waals surface area (Å²) in [5, 5.41) is 3.44. The van der Waals surface area contributed by atoms with Crippen LogP contribution in [-0.2, 0) is 24.6 Å². The van der Waals surface area contributed by atoms with Crippen LogP contribution in [0.2, 0.25) is 0 Å². The Morgan fingerprint density at radius 3 is 2.67 bits per heavy atom. The van der Waals surface area contributed by atoms with E-state index >= 15 is 0 Å². The number of carbonyl (C=O) groups excluding carboxylic acids is 1. The third kappa shape index (κ3) is 5.08. The van der Waals surface area contributed by atoms with Gasteiger partial charge in [0.05, 0.1) is 17.8 Å². The van der Waals surface area contributed by atoms with Gasteiger partial charge in [0.15, 0.2) is 0 Å². The van der Waals surface area contributed by atoms with E-state index in [1.54, 1.807) is 12.4 Å². The number of esters is 1. The summed E-state index contributed by atoms with van der Waals surface area (Å²) >= 11 is 3.61. The Balaban J connectivity index is 1.77. The number of halogens is 1. The second kappa shape index (κ2) is 8.15. The minimum atomic E-state index is -0.551. The second-order valence-electron chi connectivity index (χ2n) is 8.43. The van der Waals surface area contributed by atoms with Crippen molar-refractivity contribution in [3.63, 3.8) is 0 Å². The van der Waals surface area contributed by atoms with Crippen LogP contribution >= 0.6 is 15.9 Å². The summed E-state index contributed by atoms with van der Waals surface area (Å²) < 4.78 is 18.7. The van der Waals surface area contributed by atoms with Crippen molar-refractivity contribution in [2.75, 3.05) is 26.3 Å². The van der Waals surface area contributed by atoms with Crippen molar-refractivity contribution in [1.82, 2.24) is 10.3 Å². The topological polar surface area (TPSA) is 69.7 Å². The summed E-state index contributed by atoms with van der Waals surface area (Å²) in [4.78, 5) is 16.4. The fourth-order valence-corrected chi connectivity index (χ4v) is 4.55. The van der Waals surface area contributed by atoms with Crippen LogP contribution in [0.25, 0.3) is 0 Å². The highest BCUT2D eigenvalue weighted by Crippen LogP contribution is 2.47. The van der Waals surface area contributed by atoms with E-state index in [0.717, 1.165) is 55.4 Å². The summed E-state index contributed by atoms with van der Waals surface area (Å²) in [6.07, 6.45) is 6.85. The highest BCUT2D eigenvalue weighted by atomic mass is 79.9. The monoisotopic (exact) mass is 440 g/mol. The van der Waals surface area contributed by atoms with E-state index in [1.807, 2.05) is 26.8 Å². The van der Waals surface area contributed by atoms with Crippen molar-refractivity contribution in [1.29, 1.82) is 0 Å². The average molecular weight is 441 g/mol. The Hall–Kier alpha value is -1.02. The summed E-state index contributed by atoms with van der Waals surface area (Å²) in [6, 6.07) is 1.97. The zero-order valence-electron chi connectivity index (χ0n) is 16.3. The molecule has 27 heavy (non-hydrogen) atoms. The largest absolute Gasteiger partial charge is 0.458 e. The Morgan fingerprint density at radius 2 is 2.07 bits per heavy atom. The number of nitrogens with one attached hydrogen (secondary N) is 1. The normalized spacial score (nSPS) is 28.9. The number of rotatable bonds is 4. The van der Waals surface area contributed by atoms with Crippen molar-refractivity contribution in [3.05, 3.63) is 28.5 Å². The van der Waals surface area contributed by atoms with Crippen LogP contribution in [0, 0.1) is 0 Å². The molecule has 1 aliphatic heterocycles. The number of hydrogen-bond acceptors (Lipinski definition) is 6. The number of hydrogen-bond donors (Lipinski definition) is 1. The summed E-state index contributed by atoms with van der Waals surface area (Å²) in [7, 11) is 0. The van der Waals surface area contributed by atoms with Crippen molar-refractivity contribution >= 4 is 21.9 Å². The van der Waals surface area contributed by atoms with Crippen LogP contribution in [-0.4, -0.2) is 48.5 Å². The SMILES string of the molecule is CC(C)(C)OC(=O)COC1(c2ccncc2Br)CCC2(CC1)CNCCO2. The summed E-state index contributed by atoms with van der Waals surface area (Å²) in [6.45, 7) is 8.02. The van der Waals surface area contributed by atoms with E-state index in [0.29, 0.717) is 0 Å².